The van der Waals surface area contributed by atoms with Crippen molar-refractivity contribution in [2.45, 2.75) is 92.9 Å². The molecule has 0 radical (unpaired) electrons. The second kappa shape index (κ2) is 28.7. The van der Waals surface area contributed by atoms with Crippen molar-refractivity contribution >= 4 is 5.78 Å². The van der Waals surface area contributed by atoms with Crippen molar-refractivity contribution in [3.05, 3.63) is 0 Å². The van der Waals surface area contributed by atoms with E-state index in [1.165, 1.54) is 25.7 Å². The molecule has 0 rings (SSSR count). The maximum Gasteiger partial charge on any atom is 0.132 e. The number of unbranched alkanes of at least 4 members (excludes halogenated alkanes) is 4. The van der Waals surface area contributed by atoms with Gasteiger partial charge in [0.25, 0.3) is 0 Å². The van der Waals surface area contributed by atoms with E-state index in [0.717, 1.165) is 52.1 Å². The molecule has 3 nitrogen and oxygen atoms in total. The molecular formula is C19H42O3. The zero-order valence-electron chi connectivity index (χ0n) is 16.2. The van der Waals surface area contributed by atoms with Crippen molar-refractivity contribution in [1.82, 2.24) is 0 Å². The van der Waals surface area contributed by atoms with Gasteiger partial charge in [0.1, 0.15) is 5.78 Å². The van der Waals surface area contributed by atoms with Gasteiger partial charge in [-0.15, -0.1) is 0 Å². The molecule has 0 saturated heterocycles. The topological polar surface area (TPSA) is 35.5 Å². The van der Waals surface area contributed by atoms with E-state index >= 15 is 0 Å². The van der Waals surface area contributed by atoms with Crippen LogP contribution in [0.4, 0.5) is 0 Å². The van der Waals surface area contributed by atoms with Crippen LogP contribution in [0.5, 0.6) is 0 Å². The molecule has 136 valence electrons. The lowest BCUT2D eigenvalue weighted by Gasteiger charge is -1.98. The molecule has 0 aromatic carbocycles. The molecule has 0 bridgehead atoms. The van der Waals surface area contributed by atoms with E-state index in [9.17, 15) is 4.79 Å². The number of carbonyl (C=O) groups is 1. The number of carbonyl (C=O) groups excluding carboxylic acids is 1. The molecule has 0 saturated carbocycles. The molecule has 0 aliphatic carbocycles. The van der Waals surface area contributed by atoms with Gasteiger partial charge in [0.15, 0.2) is 0 Å². The van der Waals surface area contributed by atoms with E-state index < -0.39 is 0 Å². The van der Waals surface area contributed by atoms with Crippen molar-refractivity contribution in [3.63, 3.8) is 0 Å². The molecular weight excluding hydrogens is 276 g/mol. The first kappa shape index (κ1) is 26.5. The Labute approximate surface area is 140 Å². The minimum absolute atomic E-state index is 0.469. The Balaban J connectivity index is -0.000000298. The Morgan fingerprint density at radius 1 is 0.591 bits per heavy atom. The summed E-state index contributed by atoms with van der Waals surface area (Å²) < 4.78 is 9.67. The van der Waals surface area contributed by atoms with Crippen LogP contribution in [-0.4, -0.2) is 32.2 Å². The molecule has 3 heteroatoms. The van der Waals surface area contributed by atoms with Gasteiger partial charge in [-0.3, -0.25) is 4.79 Å². The summed E-state index contributed by atoms with van der Waals surface area (Å²) in [4.78, 5) is 11.2. The zero-order valence-corrected chi connectivity index (χ0v) is 16.2. The monoisotopic (exact) mass is 318 g/mol. The van der Waals surface area contributed by atoms with Crippen LogP contribution in [0.15, 0.2) is 0 Å². The first-order valence-corrected chi connectivity index (χ1v) is 9.31. The molecule has 22 heavy (non-hydrogen) atoms. The number of hydrogen-bond donors (Lipinski definition) is 0. The third-order valence-corrected chi connectivity index (χ3v) is 2.93. The van der Waals surface area contributed by atoms with Crippen LogP contribution in [0.25, 0.3) is 0 Å². The first-order chi connectivity index (χ1) is 10.6. The molecule has 0 fully saturated rings. The number of rotatable bonds is 12. The van der Waals surface area contributed by atoms with Gasteiger partial charge < -0.3 is 9.47 Å². The predicted octanol–water partition coefficient (Wildman–Crippen LogP) is 5.80. The van der Waals surface area contributed by atoms with Crippen LogP contribution in [0, 0.1) is 0 Å². The Hall–Kier alpha value is -0.410. The first-order valence-electron chi connectivity index (χ1n) is 9.31. The summed E-state index contributed by atoms with van der Waals surface area (Å²) in [5.41, 5.74) is 0. The van der Waals surface area contributed by atoms with Crippen LogP contribution in [0.3, 0.4) is 0 Å². The van der Waals surface area contributed by atoms with Crippen LogP contribution in [0.2, 0.25) is 0 Å². The van der Waals surface area contributed by atoms with E-state index in [2.05, 4.69) is 13.8 Å². The highest BCUT2D eigenvalue weighted by Crippen LogP contribution is 2.05. The smallest absolute Gasteiger partial charge is 0.132 e. The minimum atomic E-state index is 0.469. The van der Waals surface area contributed by atoms with Crippen LogP contribution >= 0.6 is 0 Å². The van der Waals surface area contributed by atoms with Gasteiger partial charge >= 0.3 is 0 Å². The van der Waals surface area contributed by atoms with Gasteiger partial charge in [0.2, 0.25) is 0 Å². The van der Waals surface area contributed by atoms with E-state index in [0.29, 0.717) is 5.78 Å². The molecule has 0 spiro atoms. The molecule has 0 aromatic rings. The van der Waals surface area contributed by atoms with Crippen LogP contribution in [0.1, 0.15) is 92.9 Å². The highest BCUT2D eigenvalue weighted by molar-refractivity contribution is 5.78. The average Bonchev–Trinajstić information content (AvgIpc) is 2.51. The van der Waals surface area contributed by atoms with E-state index in [1.807, 2.05) is 27.7 Å². The summed E-state index contributed by atoms with van der Waals surface area (Å²) in [6.07, 6.45) is 8.67. The quantitative estimate of drug-likeness (QED) is 0.426. The zero-order chi connectivity index (χ0) is 17.5. The highest BCUT2D eigenvalue weighted by Gasteiger charge is 1.99. The fraction of sp³-hybridized carbons (Fsp3) is 0.947. The van der Waals surface area contributed by atoms with Gasteiger partial charge in [-0.25, -0.2) is 0 Å². The Morgan fingerprint density at radius 2 is 0.909 bits per heavy atom. The number of ketones is 1. The van der Waals surface area contributed by atoms with Crippen molar-refractivity contribution in [1.29, 1.82) is 0 Å². The summed E-state index contributed by atoms with van der Waals surface area (Å²) >= 11 is 0. The molecule has 0 unspecified atom stereocenters. The molecule has 0 aliphatic rings. The number of ether oxygens (including phenoxy) is 2. The SMILES string of the molecule is CCCCCC(=O)CCCCC.CCOCC.CCOCC. The fourth-order valence-corrected chi connectivity index (χ4v) is 1.68. The lowest BCUT2D eigenvalue weighted by molar-refractivity contribution is -0.119. The highest BCUT2D eigenvalue weighted by atomic mass is 16.5. The van der Waals surface area contributed by atoms with E-state index in [-0.39, 0.29) is 0 Å². The molecule has 0 heterocycles. The predicted molar refractivity (Wildman–Crippen MR) is 97.6 cm³/mol. The third kappa shape index (κ3) is 36.7. The van der Waals surface area contributed by atoms with Gasteiger partial charge in [0.05, 0.1) is 0 Å². The van der Waals surface area contributed by atoms with Gasteiger partial charge in [-0.2, -0.15) is 0 Å². The van der Waals surface area contributed by atoms with Gasteiger partial charge in [0, 0.05) is 39.3 Å². The second-order valence-electron chi connectivity index (χ2n) is 5.02. The number of hydrogen-bond acceptors (Lipinski definition) is 3. The second-order valence-corrected chi connectivity index (χ2v) is 5.02. The van der Waals surface area contributed by atoms with Crippen LogP contribution in [-0.2, 0) is 14.3 Å². The fourth-order valence-electron chi connectivity index (χ4n) is 1.68. The maximum absolute atomic E-state index is 11.2. The summed E-state index contributed by atoms with van der Waals surface area (Å²) in [6, 6.07) is 0. The molecule has 0 N–H and O–H groups in total. The van der Waals surface area contributed by atoms with Crippen molar-refractivity contribution in [2.75, 3.05) is 26.4 Å². The molecule has 0 aromatic heterocycles. The van der Waals surface area contributed by atoms with Crippen LogP contribution < -0.4 is 0 Å². The van der Waals surface area contributed by atoms with Crippen molar-refractivity contribution in [3.8, 4) is 0 Å². The lowest BCUT2D eigenvalue weighted by atomic mass is 10.1. The van der Waals surface area contributed by atoms with E-state index in [4.69, 9.17) is 9.47 Å². The van der Waals surface area contributed by atoms with Gasteiger partial charge in [-0.1, -0.05) is 39.5 Å². The Kier molecular flexibility index (Phi) is 34.6. The largest absolute Gasteiger partial charge is 0.382 e. The Morgan fingerprint density at radius 3 is 1.09 bits per heavy atom. The normalized spacial score (nSPS) is 9.36. The molecule has 0 aliphatic heterocycles. The average molecular weight is 319 g/mol. The molecule has 0 amide bonds. The van der Waals surface area contributed by atoms with Crippen molar-refractivity contribution < 1.29 is 14.3 Å². The summed E-state index contributed by atoms with van der Waals surface area (Å²) in [7, 11) is 0. The summed E-state index contributed by atoms with van der Waals surface area (Å²) in [5, 5.41) is 0. The third-order valence-electron chi connectivity index (χ3n) is 2.93. The minimum Gasteiger partial charge on any atom is -0.382 e. The lowest BCUT2D eigenvalue weighted by Crippen LogP contribution is -1.96. The maximum atomic E-state index is 11.2. The van der Waals surface area contributed by atoms with E-state index in [1.54, 1.807) is 0 Å². The summed E-state index contributed by atoms with van der Waals surface area (Å²) in [6.45, 7) is 15.7. The van der Waals surface area contributed by atoms with Crippen molar-refractivity contribution in [2.24, 2.45) is 0 Å². The van der Waals surface area contributed by atoms with Gasteiger partial charge in [-0.05, 0) is 40.5 Å². The molecule has 0 atom stereocenters. The standard InChI is InChI=1S/C11H22O.2C4H10O/c1-3-5-7-9-11(12)10-8-6-4-2;2*1-3-5-4-2/h3-10H2,1-2H3;2*3-4H2,1-2H3. The summed E-state index contributed by atoms with van der Waals surface area (Å²) in [5.74, 6) is 0.469. The number of Topliss-reactive ketones (excluding diaryl/α,β-unsaturated/α-hetero) is 1. The Bertz CT molecular complexity index is 160.